The Bertz CT molecular complexity index is 910. The zero-order valence-electron chi connectivity index (χ0n) is 26.9. The molecule has 1 unspecified atom stereocenters. The minimum atomic E-state index is -0.965. The summed E-state index contributed by atoms with van der Waals surface area (Å²) in [6.07, 6.45) is 20.4. The summed E-state index contributed by atoms with van der Waals surface area (Å²) in [6, 6.07) is 0. The molecule has 1 N–H and O–H groups in total. The van der Waals surface area contributed by atoms with E-state index in [4.69, 9.17) is 14.6 Å². The molecule has 0 spiro atoms. The van der Waals surface area contributed by atoms with Gasteiger partial charge in [0.25, 0.3) is 0 Å². The molecule has 0 amide bonds. The summed E-state index contributed by atoms with van der Waals surface area (Å²) >= 11 is 0. The largest absolute Gasteiger partial charge is 0.481 e. The highest BCUT2D eigenvalue weighted by atomic mass is 16.5. The third-order valence-electron chi connectivity index (χ3n) is 12.2. The first-order valence-corrected chi connectivity index (χ1v) is 17.2. The van der Waals surface area contributed by atoms with E-state index in [2.05, 4.69) is 40.7 Å². The fraction of sp³-hybridized carbons (Fsp3) is 0.889. The topological polar surface area (TPSA) is 72.8 Å². The first kappa shape index (κ1) is 32.6. The molecular formula is C36H60O5. The summed E-state index contributed by atoms with van der Waals surface area (Å²) < 4.78 is 11.5. The third kappa shape index (κ3) is 7.78. The van der Waals surface area contributed by atoms with Crippen molar-refractivity contribution in [3.8, 4) is 0 Å². The summed E-state index contributed by atoms with van der Waals surface area (Å²) in [5.74, 6) is 3.89. The number of aliphatic carboxylic acids is 1. The van der Waals surface area contributed by atoms with Gasteiger partial charge in [0, 0.05) is 6.61 Å². The molecule has 3 fully saturated rings. The minimum absolute atomic E-state index is 0.0469. The van der Waals surface area contributed by atoms with Crippen molar-refractivity contribution in [3.05, 3.63) is 11.6 Å². The maximum atomic E-state index is 11.5. The first-order chi connectivity index (χ1) is 19.5. The van der Waals surface area contributed by atoms with E-state index in [0.29, 0.717) is 23.5 Å². The van der Waals surface area contributed by atoms with Crippen LogP contribution in [0.15, 0.2) is 11.6 Å². The molecule has 0 saturated heterocycles. The number of ether oxygens (including phenoxy) is 2. The van der Waals surface area contributed by atoms with Gasteiger partial charge in [-0.3, -0.25) is 9.59 Å². The zero-order chi connectivity index (χ0) is 29.6. The Morgan fingerprint density at radius 1 is 0.927 bits per heavy atom. The number of hydrogen-bond acceptors (Lipinski definition) is 4. The highest BCUT2D eigenvalue weighted by Gasteiger charge is 2.59. The van der Waals surface area contributed by atoms with Crippen LogP contribution in [-0.4, -0.2) is 36.4 Å². The van der Waals surface area contributed by atoms with E-state index in [1.807, 2.05) is 0 Å². The molecule has 5 nitrogen and oxygen atoms in total. The van der Waals surface area contributed by atoms with Crippen LogP contribution in [0.5, 0.6) is 0 Å². The summed E-state index contributed by atoms with van der Waals surface area (Å²) in [5, 5.41) is 8.64. The molecule has 0 heterocycles. The molecule has 234 valence electrons. The summed E-state index contributed by atoms with van der Waals surface area (Å²) in [7, 11) is 0. The second kappa shape index (κ2) is 14.4. The van der Waals surface area contributed by atoms with Crippen molar-refractivity contribution in [3.63, 3.8) is 0 Å². The van der Waals surface area contributed by atoms with Crippen molar-refractivity contribution in [2.45, 2.75) is 143 Å². The maximum absolute atomic E-state index is 11.5. The Morgan fingerprint density at radius 2 is 1.71 bits per heavy atom. The average Bonchev–Trinajstić information content (AvgIpc) is 3.28. The van der Waals surface area contributed by atoms with Crippen LogP contribution in [0.2, 0.25) is 0 Å². The van der Waals surface area contributed by atoms with Crippen molar-refractivity contribution in [1.82, 2.24) is 0 Å². The average molecular weight is 573 g/mol. The van der Waals surface area contributed by atoms with Gasteiger partial charge in [-0.05, 0) is 117 Å². The number of carboxylic acid groups (broad SMARTS) is 1. The molecule has 0 bridgehead atoms. The second-order valence-electron chi connectivity index (χ2n) is 15.2. The lowest BCUT2D eigenvalue weighted by Gasteiger charge is -2.58. The minimum Gasteiger partial charge on any atom is -0.481 e. The number of unbranched alkanes of at least 4 members (excludes halogenated alkanes) is 2. The smallest absolute Gasteiger partial charge is 0.306 e. The van der Waals surface area contributed by atoms with Gasteiger partial charge < -0.3 is 14.6 Å². The van der Waals surface area contributed by atoms with Gasteiger partial charge in [-0.2, -0.15) is 0 Å². The Morgan fingerprint density at radius 3 is 2.46 bits per heavy atom. The van der Waals surface area contributed by atoms with Crippen LogP contribution >= 0.6 is 0 Å². The molecule has 0 radical (unpaired) electrons. The van der Waals surface area contributed by atoms with Crippen LogP contribution < -0.4 is 0 Å². The fourth-order valence-electron chi connectivity index (χ4n) is 9.89. The van der Waals surface area contributed by atoms with Crippen molar-refractivity contribution < 1.29 is 24.2 Å². The molecule has 8 atom stereocenters. The quantitative estimate of drug-likeness (QED) is 0.120. The maximum Gasteiger partial charge on any atom is 0.306 e. The Hall–Kier alpha value is -1.36. The molecule has 4 aliphatic carbocycles. The van der Waals surface area contributed by atoms with Crippen LogP contribution in [0.4, 0.5) is 0 Å². The monoisotopic (exact) mass is 572 g/mol. The van der Waals surface area contributed by atoms with Crippen molar-refractivity contribution in [2.75, 3.05) is 13.2 Å². The number of hydrogen-bond donors (Lipinski definition) is 1. The fourth-order valence-corrected chi connectivity index (χ4v) is 9.89. The molecule has 3 saturated carbocycles. The molecule has 41 heavy (non-hydrogen) atoms. The van der Waals surface area contributed by atoms with Crippen molar-refractivity contribution in [2.24, 2.45) is 46.3 Å². The second-order valence-corrected chi connectivity index (χ2v) is 15.2. The highest BCUT2D eigenvalue weighted by molar-refractivity contribution is 5.76. The summed E-state index contributed by atoms with van der Waals surface area (Å²) in [5.41, 5.74) is 2.62. The van der Waals surface area contributed by atoms with Crippen LogP contribution in [0.3, 0.4) is 0 Å². The molecule has 5 heteroatoms. The standard InChI is InChI=1S/C36H60O5/c1-25(2)10-9-11-26(3)30-14-15-31-29-13-12-27-24-28(18-20-35(27,4)32(29)19-21-36(30,31)5)40-22-7-6-8-23-41-34(39)17-16-33(37)38/h12,25-26,28-32H,6-11,13-24H2,1-5H3,(H,37,38)/t26-,28?,29+,30-,31+,32+,35+,36-/m1/s1. The zero-order valence-corrected chi connectivity index (χ0v) is 26.9. The number of carbonyl (C=O) groups excluding carboxylic acids is 1. The van der Waals surface area contributed by atoms with Gasteiger partial charge in [0.1, 0.15) is 0 Å². The molecule has 4 rings (SSSR count). The summed E-state index contributed by atoms with van der Waals surface area (Å²) in [6.45, 7) is 13.7. The predicted octanol–water partition coefficient (Wildman–Crippen LogP) is 8.99. The molecular weight excluding hydrogens is 512 g/mol. The lowest BCUT2D eigenvalue weighted by atomic mass is 9.47. The van der Waals surface area contributed by atoms with Gasteiger partial charge in [-0.15, -0.1) is 0 Å². The van der Waals surface area contributed by atoms with Crippen LogP contribution in [0, 0.1) is 46.3 Å². The van der Waals surface area contributed by atoms with Crippen molar-refractivity contribution >= 4 is 11.9 Å². The molecule has 0 aromatic rings. The Labute approximate surface area is 250 Å². The van der Waals surface area contributed by atoms with E-state index in [9.17, 15) is 9.59 Å². The first-order valence-electron chi connectivity index (χ1n) is 17.2. The van der Waals surface area contributed by atoms with Crippen LogP contribution in [0.1, 0.15) is 137 Å². The summed E-state index contributed by atoms with van der Waals surface area (Å²) in [4.78, 5) is 22.1. The number of esters is 1. The van der Waals surface area contributed by atoms with Crippen LogP contribution in [-0.2, 0) is 19.1 Å². The SMILES string of the molecule is CC(C)CCC[C@@H](C)[C@H]1CC[C@H]2[C@@H]3CC=C4CC(OCCCCCOC(=O)CCC(=O)O)CC[C@]4(C)[C@H]3CC[C@]12C. The normalized spacial score (nSPS) is 35.3. The van der Waals surface area contributed by atoms with Gasteiger partial charge in [-0.1, -0.05) is 65.5 Å². The van der Waals surface area contributed by atoms with E-state index in [0.717, 1.165) is 67.8 Å². The number of carbonyl (C=O) groups is 2. The number of carboxylic acids is 1. The van der Waals surface area contributed by atoms with E-state index >= 15 is 0 Å². The van der Waals surface area contributed by atoms with E-state index in [-0.39, 0.29) is 12.8 Å². The van der Waals surface area contributed by atoms with Crippen LogP contribution in [0.25, 0.3) is 0 Å². The molecule has 0 aliphatic heterocycles. The Balaban J connectivity index is 1.21. The number of fused-ring (bicyclic) bond motifs is 5. The van der Waals surface area contributed by atoms with Crippen molar-refractivity contribution in [1.29, 1.82) is 0 Å². The van der Waals surface area contributed by atoms with Gasteiger partial charge in [0.05, 0.1) is 25.6 Å². The van der Waals surface area contributed by atoms with Gasteiger partial charge in [0.15, 0.2) is 0 Å². The molecule has 0 aromatic heterocycles. The lowest BCUT2D eigenvalue weighted by Crippen LogP contribution is -2.51. The predicted molar refractivity (Wildman–Crippen MR) is 164 cm³/mol. The number of allylic oxidation sites excluding steroid dienone is 1. The van der Waals surface area contributed by atoms with Gasteiger partial charge in [0.2, 0.25) is 0 Å². The molecule has 0 aromatic carbocycles. The Kier molecular flexibility index (Phi) is 11.4. The van der Waals surface area contributed by atoms with E-state index < -0.39 is 11.9 Å². The highest BCUT2D eigenvalue weighted by Crippen LogP contribution is 2.67. The van der Waals surface area contributed by atoms with E-state index in [1.165, 1.54) is 64.2 Å². The lowest BCUT2D eigenvalue weighted by molar-refractivity contribution is -0.147. The van der Waals surface area contributed by atoms with Gasteiger partial charge >= 0.3 is 11.9 Å². The van der Waals surface area contributed by atoms with Gasteiger partial charge in [-0.25, -0.2) is 0 Å². The molecule has 4 aliphatic rings. The third-order valence-corrected chi connectivity index (χ3v) is 12.2. The number of rotatable bonds is 15. The van der Waals surface area contributed by atoms with E-state index in [1.54, 1.807) is 5.57 Å².